The number of carbonyl (C=O) groups is 1. The molecule has 1 amide bonds. The summed E-state index contributed by atoms with van der Waals surface area (Å²) in [5.41, 5.74) is 8.11. The van der Waals surface area contributed by atoms with Crippen LogP contribution >= 0.6 is 0 Å². The van der Waals surface area contributed by atoms with E-state index in [4.69, 9.17) is 5.73 Å². The van der Waals surface area contributed by atoms with Crippen molar-refractivity contribution in [2.24, 2.45) is 5.73 Å². The van der Waals surface area contributed by atoms with Crippen LogP contribution in [0.5, 0.6) is 0 Å². The van der Waals surface area contributed by atoms with E-state index in [1.807, 2.05) is 12.1 Å². The molecule has 1 aliphatic rings. The zero-order chi connectivity index (χ0) is 14.4. The molecule has 1 saturated heterocycles. The molecular formula is C16H25N3O. The second-order valence-corrected chi connectivity index (χ2v) is 5.63. The fourth-order valence-electron chi connectivity index (χ4n) is 2.68. The standard InChI is InChI=1S/C16H25N3O/c1-2-4-13-6-8-15(9-7-13)18-16(20)12-19-10-3-5-14(17)11-19/h6-9,14H,2-5,10-12,17H2,1H3,(H,18,20). The van der Waals surface area contributed by atoms with E-state index < -0.39 is 0 Å². The Hall–Kier alpha value is -1.39. The van der Waals surface area contributed by atoms with Gasteiger partial charge >= 0.3 is 0 Å². The number of rotatable bonds is 5. The Kier molecular flexibility index (Phi) is 5.56. The fraction of sp³-hybridized carbons (Fsp3) is 0.562. The number of amides is 1. The molecule has 0 saturated carbocycles. The predicted octanol–water partition coefficient (Wildman–Crippen LogP) is 2.00. The van der Waals surface area contributed by atoms with Crippen molar-refractivity contribution in [1.82, 2.24) is 4.90 Å². The van der Waals surface area contributed by atoms with Crippen LogP contribution in [0.4, 0.5) is 5.69 Å². The molecule has 2 rings (SSSR count). The van der Waals surface area contributed by atoms with Gasteiger partial charge in [-0.05, 0) is 43.5 Å². The smallest absolute Gasteiger partial charge is 0.238 e. The summed E-state index contributed by atoms with van der Waals surface area (Å²) in [5.74, 6) is 0.0438. The first-order valence-electron chi connectivity index (χ1n) is 7.54. The average molecular weight is 275 g/mol. The van der Waals surface area contributed by atoms with Gasteiger partial charge in [-0.1, -0.05) is 25.5 Å². The molecular weight excluding hydrogens is 250 g/mol. The summed E-state index contributed by atoms with van der Waals surface area (Å²) in [7, 11) is 0. The third-order valence-corrected chi connectivity index (χ3v) is 3.69. The van der Waals surface area contributed by atoms with Gasteiger partial charge < -0.3 is 11.1 Å². The molecule has 0 spiro atoms. The van der Waals surface area contributed by atoms with Crippen molar-refractivity contribution >= 4 is 11.6 Å². The number of anilines is 1. The molecule has 20 heavy (non-hydrogen) atoms. The van der Waals surface area contributed by atoms with E-state index in [2.05, 4.69) is 29.3 Å². The third-order valence-electron chi connectivity index (χ3n) is 3.69. The number of piperidine rings is 1. The van der Waals surface area contributed by atoms with E-state index in [0.717, 1.165) is 44.5 Å². The van der Waals surface area contributed by atoms with Gasteiger partial charge in [0.25, 0.3) is 0 Å². The molecule has 110 valence electrons. The Morgan fingerprint density at radius 1 is 1.40 bits per heavy atom. The Morgan fingerprint density at radius 3 is 2.80 bits per heavy atom. The van der Waals surface area contributed by atoms with Gasteiger partial charge in [-0.3, -0.25) is 9.69 Å². The lowest BCUT2D eigenvalue weighted by atomic mass is 10.1. The van der Waals surface area contributed by atoms with E-state index in [1.54, 1.807) is 0 Å². The number of hydrogen-bond acceptors (Lipinski definition) is 3. The maximum atomic E-state index is 12.0. The highest BCUT2D eigenvalue weighted by Gasteiger charge is 2.18. The van der Waals surface area contributed by atoms with Crippen molar-refractivity contribution in [1.29, 1.82) is 0 Å². The lowest BCUT2D eigenvalue weighted by molar-refractivity contribution is -0.117. The van der Waals surface area contributed by atoms with Crippen LogP contribution in [0, 0.1) is 0 Å². The van der Waals surface area contributed by atoms with Crippen molar-refractivity contribution in [3.63, 3.8) is 0 Å². The highest BCUT2D eigenvalue weighted by atomic mass is 16.2. The lowest BCUT2D eigenvalue weighted by Gasteiger charge is -2.29. The summed E-state index contributed by atoms with van der Waals surface area (Å²) < 4.78 is 0. The minimum absolute atomic E-state index is 0.0438. The SMILES string of the molecule is CCCc1ccc(NC(=O)CN2CCCC(N)C2)cc1. The first-order chi connectivity index (χ1) is 9.67. The zero-order valence-corrected chi connectivity index (χ0v) is 12.3. The second-order valence-electron chi connectivity index (χ2n) is 5.63. The first kappa shape index (κ1) is 15.0. The molecule has 0 aliphatic carbocycles. The van der Waals surface area contributed by atoms with Crippen LogP contribution in [0.3, 0.4) is 0 Å². The van der Waals surface area contributed by atoms with E-state index in [0.29, 0.717) is 6.54 Å². The van der Waals surface area contributed by atoms with Gasteiger partial charge in [0, 0.05) is 18.3 Å². The Morgan fingerprint density at radius 2 is 2.15 bits per heavy atom. The quantitative estimate of drug-likeness (QED) is 0.864. The maximum absolute atomic E-state index is 12.0. The highest BCUT2D eigenvalue weighted by molar-refractivity contribution is 5.92. The first-order valence-corrected chi connectivity index (χ1v) is 7.54. The van der Waals surface area contributed by atoms with Crippen molar-refractivity contribution in [3.05, 3.63) is 29.8 Å². The number of nitrogens with one attached hydrogen (secondary N) is 1. The van der Waals surface area contributed by atoms with Gasteiger partial charge in [0.2, 0.25) is 5.91 Å². The van der Waals surface area contributed by atoms with Crippen molar-refractivity contribution in [3.8, 4) is 0 Å². The number of nitrogens with zero attached hydrogens (tertiary/aromatic N) is 1. The average Bonchev–Trinajstić information content (AvgIpc) is 2.41. The summed E-state index contributed by atoms with van der Waals surface area (Å²) in [6.45, 7) is 4.39. The number of benzene rings is 1. The Bertz CT molecular complexity index is 430. The van der Waals surface area contributed by atoms with Crippen LogP contribution in [0.1, 0.15) is 31.7 Å². The van der Waals surface area contributed by atoms with Gasteiger partial charge in [-0.15, -0.1) is 0 Å². The van der Waals surface area contributed by atoms with E-state index in [-0.39, 0.29) is 11.9 Å². The summed E-state index contributed by atoms with van der Waals surface area (Å²) in [4.78, 5) is 14.1. The molecule has 1 aromatic rings. The van der Waals surface area contributed by atoms with Gasteiger partial charge in [0.15, 0.2) is 0 Å². The Balaban J connectivity index is 1.81. The minimum Gasteiger partial charge on any atom is -0.327 e. The van der Waals surface area contributed by atoms with Crippen LogP contribution in [0.25, 0.3) is 0 Å². The number of nitrogens with two attached hydrogens (primary N) is 1. The summed E-state index contributed by atoms with van der Waals surface area (Å²) in [6, 6.07) is 8.33. The van der Waals surface area contributed by atoms with Gasteiger partial charge in [-0.2, -0.15) is 0 Å². The topological polar surface area (TPSA) is 58.4 Å². The molecule has 1 aliphatic heterocycles. The van der Waals surface area contributed by atoms with Gasteiger partial charge in [0.05, 0.1) is 6.54 Å². The van der Waals surface area contributed by atoms with Crippen LogP contribution < -0.4 is 11.1 Å². The zero-order valence-electron chi connectivity index (χ0n) is 12.3. The molecule has 1 aromatic carbocycles. The van der Waals surface area contributed by atoms with E-state index in [9.17, 15) is 4.79 Å². The number of hydrogen-bond donors (Lipinski definition) is 2. The molecule has 4 nitrogen and oxygen atoms in total. The molecule has 1 heterocycles. The van der Waals surface area contributed by atoms with Crippen LogP contribution in [-0.4, -0.2) is 36.5 Å². The fourth-order valence-corrected chi connectivity index (χ4v) is 2.68. The number of aryl methyl sites for hydroxylation is 1. The third kappa shape index (κ3) is 4.62. The predicted molar refractivity (Wildman–Crippen MR) is 82.7 cm³/mol. The van der Waals surface area contributed by atoms with Crippen molar-refractivity contribution < 1.29 is 4.79 Å². The normalized spacial score (nSPS) is 19.8. The molecule has 0 aromatic heterocycles. The minimum atomic E-state index is 0.0438. The largest absolute Gasteiger partial charge is 0.327 e. The number of likely N-dealkylation sites (tertiary alicyclic amines) is 1. The second kappa shape index (κ2) is 7.41. The van der Waals surface area contributed by atoms with E-state index in [1.165, 1.54) is 5.56 Å². The summed E-state index contributed by atoms with van der Waals surface area (Å²) >= 11 is 0. The van der Waals surface area contributed by atoms with Crippen LogP contribution in [-0.2, 0) is 11.2 Å². The van der Waals surface area contributed by atoms with Gasteiger partial charge in [0.1, 0.15) is 0 Å². The van der Waals surface area contributed by atoms with Crippen LogP contribution in [0.2, 0.25) is 0 Å². The lowest BCUT2D eigenvalue weighted by Crippen LogP contribution is -2.45. The van der Waals surface area contributed by atoms with Crippen molar-refractivity contribution in [2.75, 3.05) is 25.0 Å². The van der Waals surface area contributed by atoms with Gasteiger partial charge in [-0.25, -0.2) is 0 Å². The molecule has 1 atom stereocenters. The molecule has 4 heteroatoms. The summed E-state index contributed by atoms with van der Waals surface area (Å²) in [5, 5.41) is 2.95. The molecule has 0 bridgehead atoms. The van der Waals surface area contributed by atoms with Crippen LogP contribution in [0.15, 0.2) is 24.3 Å². The van der Waals surface area contributed by atoms with Crippen molar-refractivity contribution in [2.45, 2.75) is 38.6 Å². The Labute approximate surface area is 121 Å². The highest BCUT2D eigenvalue weighted by Crippen LogP contribution is 2.12. The number of carbonyl (C=O) groups excluding carboxylic acids is 1. The molecule has 0 radical (unpaired) electrons. The molecule has 1 fully saturated rings. The molecule has 1 unspecified atom stereocenters. The monoisotopic (exact) mass is 275 g/mol. The van der Waals surface area contributed by atoms with E-state index >= 15 is 0 Å². The molecule has 3 N–H and O–H groups in total. The maximum Gasteiger partial charge on any atom is 0.238 e. The summed E-state index contributed by atoms with van der Waals surface area (Å²) in [6.07, 6.45) is 4.37.